The summed E-state index contributed by atoms with van der Waals surface area (Å²) in [7, 11) is 0. The first kappa shape index (κ1) is 13.0. The number of benzene rings is 1. The van der Waals surface area contributed by atoms with E-state index in [2.05, 4.69) is 17.9 Å². The molecule has 1 heterocycles. The molecule has 1 spiro atoms. The van der Waals surface area contributed by atoms with E-state index in [0.29, 0.717) is 17.2 Å². The molecule has 3 rings (SSSR count). The fourth-order valence-electron chi connectivity index (χ4n) is 4.05. The van der Waals surface area contributed by atoms with Crippen molar-refractivity contribution in [2.24, 2.45) is 5.41 Å². The van der Waals surface area contributed by atoms with Gasteiger partial charge in [0.2, 0.25) is 0 Å². The van der Waals surface area contributed by atoms with Crippen molar-refractivity contribution >= 4 is 0 Å². The summed E-state index contributed by atoms with van der Waals surface area (Å²) >= 11 is 0. The summed E-state index contributed by atoms with van der Waals surface area (Å²) in [6.07, 6.45) is 8.48. The highest BCUT2D eigenvalue weighted by atomic mass is 16.3. The molecule has 0 bridgehead atoms. The highest BCUT2D eigenvalue weighted by Crippen LogP contribution is 2.47. The number of hydrogen-bond donors (Lipinski definition) is 1. The average molecular weight is 259 g/mol. The van der Waals surface area contributed by atoms with Gasteiger partial charge in [-0.1, -0.05) is 31.0 Å². The van der Waals surface area contributed by atoms with Gasteiger partial charge in [0, 0.05) is 11.6 Å². The van der Waals surface area contributed by atoms with Crippen LogP contribution < -0.4 is 0 Å². The Morgan fingerprint density at radius 3 is 2.32 bits per heavy atom. The smallest absolute Gasteiger partial charge is 0.120 e. The van der Waals surface area contributed by atoms with Gasteiger partial charge in [0.25, 0.3) is 0 Å². The van der Waals surface area contributed by atoms with Crippen LogP contribution in [0.4, 0.5) is 0 Å². The van der Waals surface area contributed by atoms with Gasteiger partial charge in [-0.2, -0.15) is 0 Å². The van der Waals surface area contributed by atoms with E-state index in [9.17, 15) is 5.11 Å². The first-order valence-electron chi connectivity index (χ1n) is 7.72. The monoisotopic (exact) mass is 259 g/mol. The van der Waals surface area contributed by atoms with Gasteiger partial charge < -0.3 is 5.11 Å². The topological polar surface area (TPSA) is 23.5 Å². The predicted octanol–water partition coefficient (Wildman–Crippen LogP) is 4.11. The lowest BCUT2D eigenvalue weighted by molar-refractivity contribution is 0.0806. The molecule has 1 saturated carbocycles. The van der Waals surface area contributed by atoms with Crippen LogP contribution in [0.15, 0.2) is 24.3 Å². The van der Waals surface area contributed by atoms with Crippen LogP contribution in [0.25, 0.3) is 0 Å². The van der Waals surface area contributed by atoms with Crippen molar-refractivity contribution in [3.63, 3.8) is 0 Å². The summed E-state index contributed by atoms with van der Waals surface area (Å²) in [6, 6.07) is 8.11. The molecule has 1 N–H and O–H groups in total. The Balaban J connectivity index is 1.66. The highest BCUT2D eigenvalue weighted by Gasteiger charge is 2.38. The van der Waals surface area contributed by atoms with E-state index in [4.69, 9.17) is 0 Å². The third-order valence-corrected chi connectivity index (χ3v) is 5.46. The Bertz CT molecular complexity index is 427. The van der Waals surface area contributed by atoms with E-state index >= 15 is 0 Å². The van der Waals surface area contributed by atoms with Crippen LogP contribution in [0.2, 0.25) is 0 Å². The van der Waals surface area contributed by atoms with Crippen LogP contribution in [0.3, 0.4) is 0 Å². The SMILES string of the molecule is CC(c1ccccc1O)N1CCC2(CCCC2)CC1. The van der Waals surface area contributed by atoms with Crippen LogP contribution in [0.1, 0.15) is 57.1 Å². The summed E-state index contributed by atoms with van der Waals surface area (Å²) in [6.45, 7) is 4.60. The van der Waals surface area contributed by atoms with Crippen molar-refractivity contribution in [2.45, 2.75) is 51.5 Å². The number of piperidine rings is 1. The molecule has 1 atom stereocenters. The normalized spacial score (nSPS) is 24.7. The first-order valence-corrected chi connectivity index (χ1v) is 7.72. The zero-order valence-corrected chi connectivity index (χ0v) is 11.9. The van der Waals surface area contributed by atoms with E-state index in [1.165, 1.54) is 51.6 Å². The van der Waals surface area contributed by atoms with Crippen molar-refractivity contribution in [2.75, 3.05) is 13.1 Å². The second kappa shape index (κ2) is 5.16. The average Bonchev–Trinajstić information content (AvgIpc) is 2.88. The number of likely N-dealkylation sites (tertiary alicyclic amines) is 1. The molecule has 1 aromatic rings. The minimum absolute atomic E-state index is 0.333. The summed E-state index contributed by atoms with van der Waals surface area (Å²) in [4.78, 5) is 2.54. The molecule has 0 radical (unpaired) electrons. The second-order valence-corrected chi connectivity index (χ2v) is 6.48. The number of nitrogens with zero attached hydrogens (tertiary/aromatic N) is 1. The Morgan fingerprint density at radius 2 is 1.68 bits per heavy atom. The summed E-state index contributed by atoms with van der Waals surface area (Å²) < 4.78 is 0. The number of phenolic OH excluding ortho intramolecular Hbond substituents is 1. The molecule has 1 aliphatic carbocycles. The Kier molecular flexibility index (Phi) is 3.53. The Hall–Kier alpha value is -1.02. The third-order valence-electron chi connectivity index (χ3n) is 5.46. The van der Waals surface area contributed by atoms with Gasteiger partial charge in [-0.25, -0.2) is 0 Å². The number of aromatic hydroxyl groups is 1. The number of rotatable bonds is 2. The lowest BCUT2D eigenvalue weighted by atomic mass is 9.76. The molecule has 2 aliphatic rings. The lowest BCUT2D eigenvalue weighted by Crippen LogP contribution is -2.40. The number of hydrogen-bond acceptors (Lipinski definition) is 2. The van der Waals surface area contributed by atoms with Crippen LogP contribution >= 0.6 is 0 Å². The maximum absolute atomic E-state index is 9.99. The molecular formula is C17H25NO. The van der Waals surface area contributed by atoms with Crippen molar-refractivity contribution in [3.8, 4) is 5.75 Å². The van der Waals surface area contributed by atoms with Crippen molar-refractivity contribution in [3.05, 3.63) is 29.8 Å². The fraction of sp³-hybridized carbons (Fsp3) is 0.647. The molecule has 1 aliphatic heterocycles. The first-order chi connectivity index (χ1) is 9.20. The van der Waals surface area contributed by atoms with Gasteiger partial charge in [-0.15, -0.1) is 0 Å². The minimum atomic E-state index is 0.333. The quantitative estimate of drug-likeness (QED) is 0.864. The van der Waals surface area contributed by atoms with E-state index < -0.39 is 0 Å². The van der Waals surface area contributed by atoms with E-state index in [1.807, 2.05) is 12.1 Å². The molecule has 0 aromatic heterocycles. The number of para-hydroxylation sites is 1. The largest absolute Gasteiger partial charge is 0.508 e. The van der Waals surface area contributed by atoms with Crippen LogP contribution in [0.5, 0.6) is 5.75 Å². The zero-order valence-electron chi connectivity index (χ0n) is 11.9. The predicted molar refractivity (Wildman–Crippen MR) is 78.2 cm³/mol. The van der Waals surface area contributed by atoms with Gasteiger partial charge in [-0.3, -0.25) is 4.90 Å². The molecule has 2 heteroatoms. The maximum Gasteiger partial charge on any atom is 0.120 e. The Labute approximate surface area is 116 Å². The Morgan fingerprint density at radius 1 is 1.05 bits per heavy atom. The summed E-state index contributed by atoms with van der Waals surface area (Å²) in [5, 5.41) is 9.99. The van der Waals surface area contributed by atoms with Crippen molar-refractivity contribution < 1.29 is 5.11 Å². The van der Waals surface area contributed by atoms with E-state index in [-0.39, 0.29) is 0 Å². The van der Waals surface area contributed by atoms with Gasteiger partial charge in [0.05, 0.1) is 0 Å². The van der Waals surface area contributed by atoms with Crippen LogP contribution in [0, 0.1) is 5.41 Å². The number of phenols is 1. The molecule has 1 unspecified atom stereocenters. The molecule has 2 fully saturated rings. The van der Waals surface area contributed by atoms with Gasteiger partial charge >= 0.3 is 0 Å². The summed E-state index contributed by atoms with van der Waals surface area (Å²) in [5.41, 5.74) is 1.75. The highest BCUT2D eigenvalue weighted by molar-refractivity contribution is 5.34. The molecule has 2 nitrogen and oxygen atoms in total. The lowest BCUT2D eigenvalue weighted by Gasteiger charge is -2.42. The summed E-state index contributed by atoms with van der Waals surface area (Å²) in [5.74, 6) is 0.441. The van der Waals surface area contributed by atoms with Gasteiger partial charge in [0.15, 0.2) is 0 Å². The maximum atomic E-state index is 9.99. The second-order valence-electron chi connectivity index (χ2n) is 6.48. The van der Waals surface area contributed by atoms with E-state index in [1.54, 1.807) is 6.07 Å². The minimum Gasteiger partial charge on any atom is -0.508 e. The molecular weight excluding hydrogens is 234 g/mol. The fourth-order valence-corrected chi connectivity index (χ4v) is 4.05. The van der Waals surface area contributed by atoms with Crippen molar-refractivity contribution in [1.82, 2.24) is 4.90 Å². The van der Waals surface area contributed by atoms with E-state index in [0.717, 1.165) is 5.56 Å². The van der Waals surface area contributed by atoms with Gasteiger partial charge in [-0.05, 0) is 57.2 Å². The van der Waals surface area contributed by atoms with Crippen LogP contribution in [-0.2, 0) is 0 Å². The molecule has 1 saturated heterocycles. The molecule has 19 heavy (non-hydrogen) atoms. The van der Waals surface area contributed by atoms with Gasteiger partial charge in [0.1, 0.15) is 5.75 Å². The van der Waals surface area contributed by atoms with Crippen LogP contribution in [-0.4, -0.2) is 23.1 Å². The molecule has 1 aromatic carbocycles. The zero-order chi connectivity index (χ0) is 13.3. The third kappa shape index (κ3) is 2.51. The molecule has 104 valence electrons. The standard InChI is InChI=1S/C17H25NO/c1-14(15-6-2-3-7-16(15)19)18-12-10-17(11-13-18)8-4-5-9-17/h2-3,6-7,14,19H,4-5,8-13H2,1H3. The van der Waals surface area contributed by atoms with Crippen molar-refractivity contribution in [1.29, 1.82) is 0 Å². The molecule has 0 amide bonds.